The number of aromatic nitrogens is 3. The molecule has 1 aliphatic heterocycles. The number of imidazole rings is 1. The van der Waals surface area contributed by atoms with Crippen molar-refractivity contribution in [3.8, 4) is 22.6 Å². The van der Waals surface area contributed by atoms with Crippen LogP contribution in [0.3, 0.4) is 0 Å². The van der Waals surface area contributed by atoms with E-state index in [0.717, 1.165) is 9.87 Å². The molecule has 3 aromatic rings. The van der Waals surface area contributed by atoms with Gasteiger partial charge in [0.05, 0.1) is 5.69 Å². The lowest BCUT2D eigenvalue weighted by Crippen LogP contribution is -2.50. The van der Waals surface area contributed by atoms with E-state index in [2.05, 4.69) is 15.0 Å². The number of anilines is 1. The van der Waals surface area contributed by atoms with Gasteiger partial charge in [0, 0.05) is 49.7 Å². The number of nitrogens with one attached hydrogen (secondary N) is 1. The third-order valence-corrected chi connectivity index (χ3v) is 6.89. The van der Waals surface area contributed by atoms with E-state index >= 15 is 0 Å². The van der Waals surface area contributed by atoms with Crippen molar-refractivity contribution >= 4 is 15.8 Å². The van der Waals surface area contributed by atoms with Crippen LogP contribution < -0.4 is 4.90 Å². The monoisotopic (exact) mass is 469 g/mol. The van der Waals surface area contributed by atoms with Gasteiger partial charge in [0.15, 0.2) is 5.75 Å². The first-order chi connectivity index (χ1) is 15.1. The van der Waals surface area contributed by atoms with E-state index in [0.29, 0.717) is 22.9 Å². The van der Waals surface area contributed by atoms with Crippen LogP contribution in [0.2, 0.25) is 0 Å². The molecule has 1 N–H and O–H groups in total. The van der Waals surface area contributed by atoms with Gasteiger partial charge in [0.2, 0.25) is 10.0 Å². The molecule has 7 nitrogen and oxygen atoms in total. The molecule has 0 amide bonds. The lowest BCUT2D eigenvalue weighted by molar-refractivity contribution is -0.107. The second kappa shape index (κ2) is 8.51. The number of hydrogen-bond acceptors (Lipinski definition) is 5. The van der Waals surface area contributed by atoms with Crippen molar-refractivity contribution in [3.63, 3.8) is 0 Å². The molecule has 12 heteroatoms. The molecule has 2 aromatic heterocycles. The van der Waals surface area contributed by atoms with Gasteiger partial charge in [-0.3, -0.25) is 0 Å². The Morgan fingerprint density at radius 3 is 2.22 bits per heavy atom. The lowest BCUT2D eigenvalue weighted by Gasteiger charge is -2.34. The molecule has 0 atom stereocenters. The predicted molar refractivity (Wildman–Crippen MR) is 111 cm³/mol. The molecule has 4 rings (SSSR count). The van der Waals surface area contributed by atoms with Crippen molar-refractivity contribution in [2.75, 3.05) is 36.8 Å². The largest absolute Gasteiger partial charge is 0.404 e. The Bertz CT molecular complexity index is 1170. The van der Waals surface area contributed by atoms with Gasteiger partial charge < -0.3 is 9.88 Å². The Morgan fingerprint density at radius 1 is 0.969 bits per heavy atom. The van der Waals surface area contributed by atoms with E-state index in [-0.39, 0.29) is 32.0 Å². The van der Waals surface area contributed by atoms with E-state index in [1.54, 1.807) is 36.7 Å². The third kappa shape index (κ3) is 5.07. The molecular weight excluding hydrogens is 450 g/mol. The maximum atomic E-state index is 13.1. The zero-order chi connectivity index (χ0) is 22.9. The first kappa shape index (κ1) is 22.2. The SMILES string of the molecule is O=S(=O)(CC(F)(F)F)N1CCN(c2ccc(-c3nc(-c4ccc(F)cc4)c[nH]3)cn2)CC1. The van der Waals surface area contributed by atoms with Crippen LogP contribution >= 0.6 is 0 Å². The number of rotatable bonds is 5. The molecule has 3 heterocycles. The molecule has 1 aromatic carbocycles. The van der Waals surface area contributed by atoms with Crippen LogP contribution in [-0.4, -0.2) is 65.8 Å². The van der Waals surface area contributed by atoms with Crippen LogP contribution in [0.4, 0.5) is 23.4 Å². The minimum atomic E-state index is -4.77. The molecule has 0 spiro atoms. The molecule has 1 saturated heterocycles. The molecule has 1 fully saturated rings. The number of alkyl halides is 3. The average molecular weight is 469 g/mol. The lowest BCUT2D eigenvalue weighted by atomic mass is 10.2. The highest BCUT2D eigenvalue weighted by Gasteiger charge is 2.39. The Balaban J connectivity index is 1.40. The number of H-pyrrole nitrogens is 1. The van der Waals surface area contributed by atoms with Gasteiger partial charge in [-0.25, -0.2) is 22.8 Å². The minimum Gasteiger partial charge on any atom is -0.354 e. The molecule has 0 saturated carbocycles. The summed E-state index contributed by atoms with van der Waals surface area (Å²) in [5.74, 6) is -1.02. The van der Waals surface area contributed by atoms with Gasteiger partial charge in [-0.2, -0.15) is 17.5 Å². The molecule has 0 radical (unpaired) electrons. The highest BCUT2D eigenvalue weighted by Crippen LogP contribution is 2.25. The van der Waals surface area contributed by atoms with Crippen LogP contribution in [-0.2, 0) is 10.0 Å². The number of hydrogen-bond donors (Lipinski definition) is 1. The number of piperazine rings is 1. The standard InChI is InChI=1S/C20H19F4N5O2S/c21-16-4-1-14(2-5-16)17-12-26-19(27-17)15-3-6-18(25-11-15)28-7-9-29(10-8-28)32(30,31)13-20(22,23)24/h1-6,11-12H,7-10,13H2,(H,26,27). The summed E-state index contributed by atoms with van der Waals surface area (Å²) in [6.45, 7) is 0.389. The zero-order valence-corrected chi connectivity index (χ0v) is 17.5. The van der Waals surface area contributed by atoms with Crippen LogP contribution in [0, 0.1) is 5.82 Å². The summed E-state index contributed by atoms with van der Waals surface area (Å²) in [6.07, 6.45) is -1.46. The van der Waals surface area contributed by atoms with Crippen LogP contribution in [0.25, 0.3) is 22.6 Å². The van der Waals surface area contributed by atoms with Gasteiger partial charge in [-0.15, -0.1) is 0 Å². The minimum absolute atomic E-state index is 0.0406. The quantitative estimate of drug-likeness (QED) is 0.580. The predicted octanol–water partition coefficient (Wildman–Crippen LogP) is 3.29. The molecule has 1 aliphatic rings. The number of nitrogens with zero attached hydrogens (tertiary/aromatic N) is 4. The van der Waals surface area contributed by atoms with E-state index in [1.165, 1.54) is 12.1 Å². The van der Waals surface area contributed by atoms with E-state index < -0.39 is 22.0 Å². The van der Waals surface area contributed by atoms with Gasteiger partial charge >= 0.3 is 6.18 Å². The number of halogens is 4. The number of sulfonamides is 1. The highest BCUT2D eigenvalue weighted by atomic mass is 32.2. The fourth-order valence-corrected chi connectivity index (χ4v) is 4.76. The van der Waals surface area contributed by atoms with Crippen LogP contribution in [0.15, 0.2) is 48.8 Å². The van der Waals surface area contributed by atoms with Gasteiger partial charge in [0.1, 0.15) is 17.5 Å². The summed E-state index contributed by atoms with van der Waals surface area (Å²) in [7, 11) is -4.38. The maximum absolute atomic E-state index is 13.1. The molecule has 0 unspecified atom stereocenters. The summed E-state index contributed by atoms with van der Waals surface area (Å²) >= 11 is 0. The Morgan fingerprint density at radius 2 is 1.62 bits per heavy atom. The van der Waals surface area contributed by atoms with Gasteiger partial charge in [-0.1, -0.05) is 0 Å². The Labute approximate surface area is 181 Å². The number of aromatic amines is 1. The number of pyridine rings is 1. The Kier molecular flexibility index (Phi) is 5.91. The smallest absolute Gasteiger partial charge is 0.354 e. The number of benzene rings is 1. The topological polar surface area (TPSA) is 82.2 Å². The fourth-order valence-electron chi connectivity index (χ4n) is 3.44. The van der Waals surface area contributed by atoms with Crippen LogP contribution in [0.5, 0.6) is 0 Å². The summed E-state index contributed by atoms with van der Waals surface area (Å²) < 4.78 is 75.2. The first-order valence-electron chi connectivity index (χ1n) is 9.68. The zero-order valence-electron chi connectivity index (χ0n) is 16.7. The van der Waals surface area contributed by atoms with Crippen molar-refractivity contribution in [1.29, 1.82) is 0 Å². The van der Waals surface area contributed by atoms with Crippen molar-refractivity contribution < 1.29 is 26.0 Å². The summed E-state index contributed by atoms with van der Waals surface area (Å²) in [5.41, 5.74) is 2.13. The fraction of sp³-hybridized carbons (Fsp3) is 0.300. The van der Waals surface area contributed by atoms with Crippen molar-refractivity contribution in [2.45, 2.75) is 6.18 Å². The maximum Gasteiger partial charge on any atom is 0.404 e. The Hall–Kier alpha value is -2.99. The van der Waals surface area contributed by atoms with E-state index in [1.807, 2.05) is 4.90 Å². The van der Waals surface area contributed by atoms with Crippen molar-refractivity contribution in [1.82, 2.24) is 19.3 Å². The van der Waals surface area contributed by atoms with Crippen molar-refractivity contribution in [2.24, 2.45) is 0 Å². The molecule has 0 aliphatic carbocycles. The average Bonchev–Trinajstić information content (AvgIpc) is 3.23. The molecular formula is C20H19F4N5O2S. The van der Waals surface area contributed by atoms with Gasteiger partial charge in [-0.05, 0) is 36.4 Å². The molecule has 170 valence electrons. The van der Waals surface area contributed by atoms with Crippen molar-refractivity contribution in [3.05, 3.63) is 54.6 Å². The van der Waals surface area contributed by atoms with Crippen LogP contribution in [0.1, 0.15) is 0 Å². The highest BCUT2D eigenvalue weighted by molar-refractivity contribution is 7.89. The van der Waals surface area contributed by atoms with Gasteiger partial charge in [0.25, 0.3) is 0 Å². The second-order valence-corrected chi connectivity index (χ2v) is 9.27. The summed E-state index contributed by atoms with van der Waals surface area (Å²) in [4.78, 5) is 13.7. The first-order valence-corrected chi connectivity index (χ1v) is 11.3. The van der Waals surface area contributed by atoms with E-state index in [9.17, 15) is 26.0 Å². The normalized spacial score (nSPS) is 15.8. The molecule has 32 heavy (non-hydrogen) atoms. The molecule has 0 bridgehead atoms. The third-order valence-electron chi connectivity index (χ3n) is 5.04. The summed E-state index contributed by atoms with van der Waals surface area (Å²) in [6, 6.07) is 9.51. The second-order valence-electron chi connectivity index (χ2n) is 7.30. The van der Waals surface area contributed by atoms with E-state index in [4.69, 9.17) is 0 Å². The summed E-state index contributed by atoms with van der Waals surface area (Å²) in [5, 5.41) is 0.